The number of carbonyl (C=O) groups excluding carboxylic acids is 2. The van der Waals surface area contributed by atoms with Crippen LogP contribution >= 0.6 is 0 Å². The van der Waals surface area contributed by atoms with Crippen molar-refractivity contribution in [2.24, 2.45) is 11.8 Å². The molecule has 0 spiro atoms. The van der Waals surface area contributed by atoms with Crippen molar-refractivity contribution >= 4 is 11.9 Å². The summed E-state index contributed by atoms with van der Waals surface area (Å²) in [6.07, 6.45) is 8.68. The molecule has 1 fully saturated rings. The van der Waals surface area contributed by atoms with Crippen LogP contribution < -0.4 is 9.47 Å². The Morgan fingerprint density at radius 2 is 1.67 bits per heavy atom. The predicted octanol–water partition coefficient (Wildman–Crippen LogP) is 6.35. The molecule has 2 aromatic carbocycles. The number of esters is 2. The molecule has 1 aliphatic carbocycles. The second kappa shape index (κ2) is 11.6. The molecular weight excluding hydrogens is 428 g/mol. The maximum Gasteiger partial charge on any atom is 0.343 e. The number of benzene rings is 2. The van der Waals surface area contributed by atoms with E-state index in [-0.39, 0.29) is 17.5 Å². The summed E-state index contributed by atoms with van der Waals surface area (Å²) in [4.78, 5) is 24.8. The Hall–Kier alpha value is -3.27. The Kier molecular flexibility index (Phi) is 8.53. The molecule has 33 heavy (non-hydrogen) atoms. The summed E-state index contributed by atoms with van der Waals surface area (Å²) in [5.74, 6) is -3.70. The number of rotatable bonds is 8. The third kappa shape index (κ3) is 6.38. The topological polar surface area (TPSA) is 76.4 Å². The van der Waals surface area contributed by atoms with Gasteiger partial charge in [0.2, 0.25) is 5.82 Å². The fourth-order valence-electron chi connectivity index (χ4n) is 4.08. The van der Waals surface area contributed by atoms with Crippen LogP contribution in [-0.4, -0.2) is 11.9 Å². The lowest BCUT2D eigenvalue weighted by molar-refractivity contribution is -0.140. The van der Waals surface area contributed by atoms with Gasteiger partial charge in [0.1, 0.15) is 11.8 Å². The van der Waals surface area contributed by atoms with Crippen LogP contribution in [0.5, 0.6) is 11.5 Å². The minimum absolute atomic E-state index is 0.0755. The summed E-state index contributed by atoms with van der Waals surface area (Å²) in [6.45, 7) is 2.19. The van der Waals surface area contributed by atoms with Gasteiger partial charge in [0, 0.05) is 0 Å². The van der Waals surface area contributed by atoms with E-state index in [2.05, 4.69) is 6.92 Å². The highest BCUT2D eigenvalue weighted by molar-refractivity contribution is 5.91. The Balaban J connectivity index is 1.52. The number of hydrogen-bond donors (Lipinski definition) is 0. The van der Waals surface area contributed by atoms with E-state index >= 15 is 0 Å². The van der Waals surface area contributed by atoms with Gasteiger partial charge in [-0.3, -0.25) is 4.79 Å². The van der Waals surface area contributed by atoms with Crippen molar-refractivity contribution in [3.05, 3.63) is 59.2 Å². The maximum atomic E-state index is 14.0. The number of nitrogens with zero attached hydrogens (tertiary/aromatic N) is 1. The van der Waals surface area contributed by atoms with E-state index in [4.69, 9.17) is 14.7 Å². The molecule has 1 saturated carbocycles. The smallest absolute Gasteiger partial charge is 0.343 e. The van der Waals surface area contributed by atoms with Gasteiger partial charge in [-0.1, -0.05) is 32.6 Å². The fraction of sp³-hybridized carbons (Fsp3) is 0.423. The first-order valence-corrected chi connectivity index (χ1v) is 11.3. The Morgan fingerprint density at radius 1 is 0.970 bits per heavy atom. The number of ether oxygens (including phenoxy) is 2. The first-order valence-electron chi connectivity index (χ1n) is 11.3. The maximum absolute atomic E-state index is 14.0. The fourth-order valence-corrected chi connectivity index (χ4v) is 4.08. The van der Waals surface area contributed by atoms with Crippen molar-refractivity contribution in [1.82, 2.24) is 0 Å². The monoisotopic (exact) mass is 455 g/mol. The van der Waals surface area contributed by atoms with Crippen molar-refractivity contribution in [3.63, 3.8) is 0 Å². The molecule has 0 atom stereocenters. The van der Waals surface area contributed by atoms with Crippen molar-refractivity contribution < 1.29 is 27.8 Å². The standard InChI is InChI=1S/C26H27F2NO4/c1-2-3-4-5-17-6-8-18(9-7-17)25(30)32-21-13-10-19(11-14-21)26(31)33-22-15-12-20(16-29)23(27)24(22)28/h10-15,17-18H,2-9H2,1H3. The highest BCUT2D eigenvalue weighted by Gasteiger charge is 2.27. The predicted molar refractivity (Wildman–Crippen MR) is 118 cm³/mol. The number of unbranched alkanes of at least 4 members (excludes halogenated alkanes) is 2. The van der Waals surface area contributed by atoms with E-state index in [9.17, 15) is 18.4 Å². The lowest BCUT2D eigenvalue weighted by Gasteiger charge is -2.27. The van der Waals surface area contributed by atoms with Crippen molar-refractivity contribution in [2.45, 2.75) is 58.3 Å². The van der Waals surface area contributed by atoms with Gasteiger partial charge in [-0.25, -0.2) is 9.18 Å². The average molecular weight is 456 g/mol. The van der Waals surface area contributed by atoms with Crippen LogP contribution in [0.15, 0.2) is 36.4 Å². The Bertz CT molecular complexity index is 1020. The minimum Gasteiger partial charge on any atom is -0.426 e. The lowest BCUT2D eigenvalue weighted by Crippen LogP contribution is -2.25. The third-order valence-electron chi connectivity index (χ3n) is 6.07. The first-order chi connectivity index (χ1) is 15.9. The van der Waals surface area contributed by atoms with Crippen molar-refractivity contribution in [2.75, 3.05) is 0 Å². The van der Waals surface area contributed by atoms with Crippen LogP contribution in [0.25, 0.3) is 0 Å². The molecule has 0 aliphatic heterocycles. The summed E-state index contributed by atoms with van der Waals surface area (Å²) < 4.78 is 38.0. The Morgan fingerprint density at radius 3 is 2.30 bits per heavy atom. The molecule has 7 heteroatoms. The van der Waals surface area contributed by atoms with Gasteiger partial charge in [-0.05, 0) is 68.0 Å². The van der Waals surface area contributed by atoms with Gasteiger partial charge in [-0.2, -0.15) is 9.65 Å². The summed E-state index contributed by atoms with van der Waals surface area (Å²) in [5.41, 5.74) is -0.407. The second-order valence-corrected chi connectivity index (χ2v) is 8.40. The minimum atomic E-state index is -1.41. The van der Waals surface area contributed by atoms with Crippen LogP contribution in [0.4, 0.5) is 8.78 Å². The van der Waals surface area contributed by atoms with E-state index in [1.165, 1.54) is 56.0 Å². The van der Waals surface area contributed by atoms with Crippen LogP contribution in [0.3, 0.4) is 0 Å². The summed E-state index contributed by atoms with van der Waals surface area (Å²) in [6, 6.07) is 9.24. The van der Waals surface area contributed by atoms with Crippen LogP contribution in [0.2, 0.25) is 0 Å². The molecule has 5 nitrogen and oxygen atoms in total. The van der Waals surface area contributed by atoms with Gasteiger partial charge in [0.15, 0.2) is 11.6 Å². The SMILES string of the molecule is CCCCCC1CCC(C(=O)Oc2ccc(C(=O)Oc3ccc(C#N)c(F)c3F)cc2)CC1. The first kappa shape index (κ1) is 24.4. The zero-order valence-electron chi connectivity index (χ0n) is 18.6. The molecule has 0 saturated heterocycles. The molecule has 3 rings (SSSR count). The normalized spacial score (nSPS) is 17.8. The number of carbonyl (C=O) groups is 2. The highest BCUT2D eigenvalue weighted by atomic mass is 19.2. The van der Waals surface area contributed by atoms with Gasteiger partial charge in [0.25, 0.3) is 0 Å². The van der Waals surface area contributed by atoms with Gasteiger partial charge in [0.05, 0.1) is 17.0 Å². The van der Waals surface area contributed by atoms with E-state index in [0.717, 1.165) is 37.8 Å². The molecule has 0 heterocycles. The second-order valence-electron chi connectivity index (χ2n) is 8.40. The lowest BCUT2D eigenvalue weighted by atomic mass is 9.80. The molecule has 0 N–H and O–H groups in total. The van der Waals surface area contributed by atoms with E-state index < -0.39 is 28.9 Å². The average Bonchev–Trinajstić information content (AvgIpc) is 2.83. The molecule has 0 unspecified atom stereocenters. The van der Waals surface area contributed by atoms with Crippen LogP contribution in [-0.2, 0) is 4.79 Å². The van der Waals surface area contributed by atoms with E-state index in [0.29, 0.717) is 11.7 Å². The molecule has 0 radical (unpaired) electrons. The van der Waals surface area contributed by atoms with Crippen molar-refractivity contribution in [3.8, 4) is 17.6 Å². The molecule has 0 aromatic heterocycles. The summed E-state index contributed by atoms with van der Waals surface area (Å²) >= 11 is 0. The molecule has 2 aromatic rings. The molecule has 1 aliphatic rings. The van der Waals surface area contributed by atoms with Crippen LogP contribution in [0, 0.1) is 34.8 Å². The molecule has 174 valence electrons. The van der Waals surface area contributed by atoms with Gasteiger partial charge >= 0.3 is 11.9 Å². The number of hydrogen-bond acceptors (Lipinski definition) is 5. The molecule has 0 bridgehead atoms. The Labute approximate surface area is 192 Å². The molecule has 0 amide bonds. The zero-order chi connectivity index (χ0) is 23.8. The summed E-state index contributed by atoms with van der Waals surface area (Å²) in [7, 11) is 0. The van der Waals surface area contributed by atoms with E-state index in [1.807, 2.05) is 0 Å². The largest absolute Gasteiger partial charge is 0.426 e. The van der Waals surface area contributed by atoms with Gasteiger partial charge in [-0.15, -0.1) is 0 Å². The van der Waals surface area contributed by atoms with Crippen LogP contribution in [0.1, 0.15) is 74.2 Å². The zero-order valence-corrected chi connectivity index (χ0v) is 18.6. The summed E-state index contributed by atoms with van der Waals surface area (Å²) in [5, 5.41) is 8.72. The van der Waals surface area contributed by atoms with E-state index in [1.54, 1.807) is 0 Å². The van der Waals surface area contributed by atoms with Crippen molar-refractivity contribution in [1.29, 1.82) is 5.26 Å². The highest BCUT2D eigenvalue weighted by Crippen LogP contribution is 2.33. The number of halogens is 2. The van der Waals surface area contributed by atoms with Gasteiger partial charge < -0.3 is 9.47 Å². The molecular formula is C26H27F2NO4. The number of nitriles is 1. The third-order valence-corrected chi connectivity index (χ3v) is 6.07. The quantitative estimate of drug-likeness (QED) is 0.263.